The van der Waals surface area contributed by atoms with Crippen molar-refractivity contribution in [1.82, 2.24) is 0 Å². The molecule has 1 spiro atoms. The molecule has 0 saturated carbocycles. The van der Waals surface area contributed by atoms with Crippen LogP contribution < -0.4 is 14.4 Å². The number of amides is 1. The van der Waals surface area contributed by atoms with Gasteiger partial charge in [0, 0.05) is 19.2 Å². The second-order valence-corrected chi connectivity index (χ2v) is 11.5. The molecular formula is C38H37NO6. The van der Waals surface area contributed by atoms with E-state index in [1.54, 1.807) is 25.1 Å². The second-order valence-electron chi connectivity index (χ2n) is 11.5. The van der Waals surface area contributed by atoms with Crippen LogP contribution in [-0.4, -0.2) is 32.6 Å². The van der Waals surface area contributed by atoms with Gasteiger partial charge in [-0.25, -0.2) is 0 Å². The van der Waals surface area contributed by atoms with Crippen LogP contribution in [0.1, 0.15) is 40.7 Å². The van der Waals surface area contributed by atoms with Crippen molar-refractivity contribution in [3.63, 3.8) is 0 Å². The SMILES string of the molecule is C=CC[C@@]1(c2ccccc2COc2ccc(OC)cc2)C(=O)OCC[C@]12C(=O)N(C)c1cccc(COCc3ccccc3)c12. The minimum atomic E-state index is -1.39. The normalized spacial score (nSPS) is 20.5. The van der Waals surface area contributed by atoms with Crippen LogP contribution in [0.3, 0.4) is 0 Å². The van der Waals surface area contributed by atoms with E-state index in [9.17, 15) is 9.59 Å². The number of cyclic esters (lactones) is 1. The van der Waals surface area contributed by atoms with Crippen LogP contribution in [0.15, 0.2) is 110 Å². The second kappa shape index (κ2) is 12.6. The largest absolute Gasteiger partial charge is 0.497 e. The maximum Gasteiger partial charge on any atom is 0.318 e. The molecule has 0 radical (unpaired) electrons. The zero-order valence-electron chi connectivity index (χ0n) is 25.7. The van der Waals surface area contributed by atoms with Gasteiger partial charge >= 0.3 is 5.97 Å². The molecule has 0 N–H and O–H groups in total. The predicted octanol–water partition coefficient (Wildman–Crippen LogP) is 6.67. The van der Waals surface area contributed by atoms with Crippen LogP contribution in [0.2, 0.25) is 0 Å². The lowest BCUT2D eigenvalue weighted by atomic mass is 9.52. The van der Waals surface area contributed by atoms with Crippen molar-refractivity contribution in [3.05, 3.63) is 138 Å². The van der Waals surface area contributed by atoms with E-state index in [2.05, 4.69) is 6.58 Å². The van der Waals surface area contributed by atoms with Crippen molar-refractivity contribution in [2.45, 2.75) is 43.5 Å². The molecule has 7 nitrogen and oxygen atoms in total. The first-order chi connectivity index (χ1) is 22.0. The van der Waals surface area contributed by atoms with Gasteiger partial charge in [0.2, 0.25) is 5.91 Å². The molecule has 2 atom stereocenters. The highest BCUT2D eigenvalue weighted by Crippen LogP contribution is 2.60. The Hall–Kier alpha value is -4.88. The van der Waals surface area contributed by atoms with Gasteiger partial charge in [0.25, 0.3) is 0 Å². The van der Waals surface area contributed by atoms with Crippen molar-refractivity contribution >= 4 is 17.6 Å². The first-order valence-corrected chi connectivity index (χ1v) is 15.1. The number of hydrogen-bond donors (Lipinski definition) is 0. The van der Waals surface area contributed by atoms with Gasteiger partial charge in [-0.1, -0.05) is 72.8 Å². The Labute approximate surface area is 264 Å². The number of esters is 1. The van der Waals surface area contributed by atoms with Gasteiger partial charge in [0.15, 0.2) is 0 Å². The van der Waals surface area contributed by atoms with Gasteiger partial charge in [-0.3, -0.25) is 9.59 Å². The maximum atomic E-state index is 14.7. The molecule has 0 aliphatic carbocycles. The smallest absolute Gasteiger partial charge is 0.318 e. The molecule has 2 aliphatic rings. The van der Waals surface area contributed by atoms with Crippen LogP contribution in [-0.2, 0) is 49.7 Å². The van der Waals surface area contributed by atoms with Crippen LogP contribution in [0, 0.1) is 0 Å². The van der Waals surface area contributed by atoms with Crippen LogP contribution in [0.25, 0.3) is 0 Å². The molecular weight excluding hydrogens is 566 g/mol. The van der Waals surface area contributed by atoms with Gasteiger partial charge in [-0.15, -0.1) is 6.58 Å². The number of methoxy groups -OCH3 is 1. The summed E-state index contributed by atoms with van der Waals surface area (Å²) in [5, 5.41) is 0. The summed E-state index contributed by atoms with van der Waals surface area (Å²) in [6.07, 6.45) is 2.24. The molecule has 0 aromatic heterocycles. The molecule has 0 bridgehead atoms. The molecule has 6 rings (SSSR count). The number of ether oxygens (including phenoxy) is 4. The molecule has 230 valence electrons. The molecule has 2 aliphatic heterocycles. The Morgan fingerprint density at radius 1 is 0.844 bits per heavy atom. The number of fused-ring (bicyclic) bond motifs is 2. The Kier molecular flexibility index (Phi) is 8.46. The minimum absolute atomic E-state index is 0.125. The van der Waals surface area contributed by atoms with Crippen molar-refractivity contribution < 1.29 is 28.5 Å². The summed E-state index contributed by atoms with van der Waals surface area (Å²) in [6, 6.07) is 30.9. The van der Waals surface area contributed by atoms with Gasteiger partial charge in [-0.2, -0.15) is 0 Å². The summed E-state index contributed by atoms with van der Waals surface area (Å²) in [4.78, 5) is 30.8. The zero-order valence-corrected chi connectivity index (χ0v) is 25.7. The first-order valence-electron chi connectivity index (χ1n) is 15.1. The maximum absolute atomic E-state index is 14.7. The number of carbonyl (C=O) groups excluding carboxylic acids is 2. The molecule has 1 amide bonds. The van der Waals surface area contributed by atoms with E-state index in [-0.39, 0.29) is 32.1 Å². The summed E-state index contributed by atoms with van der Waals surface area (Å²) < 4.78 is 23.6. The third kappa shape index (κ3) is 5.07. The fraction of sp³-hybridized carbons (Fsp3) is 0.263. The predicted molar refractivity (Wildman–Crippen MR) is 172 cm³/mol. The zero-order chi connectivity index (χ0) is 31.4. The number of likely N-dealkylation sites (N-methyl/N-ethyl adjacent to an activating group) is 1. The lowest BCUT2D eigenvalue weighted by molar-refractivity contribution is -0.165. The number of allylic oxidation sites excluding steroid dienone is 1. The monoisotopic (exact) mass is 603 g/mol. The van der Waals surface area contributed by atoms with Crippen molar-refractivity contribution in [3.8, 4) is 11.5 Å². The third-order valence-electron chi connectivity index (χ3n) is 9.12. The van der Waals surface area contributed by atoms with E-state index < -0.39 is 16.8 Å². The van der Waals surface area contributed by atoms with Gasteiger partial charge < -0.3 is 23.8 Å². The van der Waals surface area contributed by atoms with Crippen molar-refractivity contribution in [1.29, 1.82) is 0 Å². The summed E-state index contributed by atoms with van der Waals surface area (Å²) in [7, 11) is 3.40. The fourth-order valence-corrected chi connectivity index (χ4v) is 7.09. The number of carbonyl (C=O) groups is 2. The Morgan fingerprint density at radius 2 is 1.56 bits per heavy atom. The van der Waals surface area contributed by atoms with E-state index in [1.807, 2.05) is 97.1 Å². The van der Waals surface area contributed by atoms with E-state index in [4.69, 9.17) is 18.9 Å². The van der Waals surface area contributed by atoms with E-state index in [0.717, 1.165) is 33.7 Å². The fourth-order valence-electron chi connectivity index (χ4n) is 7.09. The molecule has 4 aromatic rings. The van der Waals surface area contributed by atoms with Gasteiger partial charge in [-0.05, 0) is 64.6 Å². The topological polar surface area (TPSA) is 74.3 Å². The van der Waals surface area contributed by atoms with Gasteiger partial charge in [0.05, 0.1) is 26.9 Å². The molecule has 1 fully saturated rings. The van der Waals surface area contributed by atoms with Crippen LogP contribution in [0.4, 0.5) is 5.69 Å². The molecule has 4 aromatic carbocycles. The lowest BCUT2D eigenvalue weighted by Gasteiger charge is -2.49. The van der Waals surface area contributed by atoms with Gasteiger partial charge in [0.1, 0.15) is 28.9 Å². The molecule has 0 unspecified atom stereocenters. The van der Waals surface area contributed by atoms with Crippen LogP contribution in [0.5, 0.6) is 11.5 Å². The number of benzene rings is 4. The van der Waals surface area contributed by atoms with E-state index in [1.165, 1.54) is 0 Å². The van der Waals surface area contributed by atoms with Crippen molar-refractivity contribution in [2.24, 2.45) is 0 Å². The summed E-state index contributed by atoms with van der Waals surface area (Å²) in [5.74, 6) is 0.799. The average Bonchev–Trinajstić information content (AvgIpc) is 3.29. The quantitative estimate of drug-likeness (QED) is 0.141. The summed E-state index contributed by atoms with van der Waals surface area (Å²) in [6.45, 7) is 5.07. The van der Waals surface area contributed by atoms with E-state index >= 15 is 0 Å². The molecule has 1 saturated heterocycles. The van der Waals surface area contributed by atoms with Crippen molar-refractivity contribution in [2.75, 3.05) is 25.7 Å². The summed E-state index contributed by atoms with van der Waals surface area (Å²) in [5.41, 5.74) is 2.36. The number of nitrogens with zero attached hydrogens (tertiary/aromatic N) is 1. The standard InChI is InChI=1S/C38H37NO6/c1-4-21-37(32-15-9-8-13-28(32)26-45-31-19-17-30(42-3)18-20-31)36(41)44-23-22-38(37)34-29(14-10-16-33(34)39(2)35(38)40)25-43-24-27-11-6-5-7-12-27/h4-20H,1,21-26H2,2-3H3/t37-,38+/m1/s1. The van der Waals surface area contributed by atoms with E-state index in [0.29, 0.717) is 24.3 Å². The number of rotatable bonds is 11. The third-order valence-corrected chi connectivity index (χ3v) is 9.12. The number of hydrogen-bond acceptors (Lipinski definition) is 6. The molecule has 7 heteroatoms. The Morgan fingerprint density at radius 3 is 2.31 bits per heavy atom. The minimum Gasteiger partial charge on any atom is -0.497 e. The number of anilines is 1. The highest BCUT2D eigenvalue weighted by atomic mass is 16.5. The highest BCUT2D eigenvalue weighted by Gasteiger charge is 2.69. The summed E-state index contributed by atoms with van der Waals surface area (Å²) >= 11 is 0. The first kappa shape index (κ1) is 30.2. The Bertz CT molecular complexity index is 1700. The van der Waals surface area contributed by atoms with Crippen LogP contribution >= 0.6 is 0 Å². The lowest BCUT2D eigenvalue weighted by Crippen LogP contribution is -2.63. The molecule has 2 heterocycles. The highest BCUT2D eigenvalue weighted by molar-refractivity contribution is 6.13. The average molecular weight is 604 g/mol. The molecule has 45 heavy (non-hydrogen) atoms. The Balaban J connectivity index is 1.46.